The van der Waals surface area contributed by atoms with Crippen LogP contribution in [-0.4, -0.2) is 23.7 Å². The van der Waals surface area contributed by atoms with Crippen molar-refractivity contribution in [2.45, 2.75) is 19.4 Å². The van der Waals surface area contributed by atoms with Gasteiger partial charge < -0.3 is 10.4 Å². The standard InChI is InChI=1S/C13H16ClNO2/c1-2-12(9-16)15-13(17)8-5-10-3-6-11(14)7-4-10/h3-8,12,16H,2,9H2,1H3,(H,15,17)/b8-5-/t12-/m1/s1. The quantitative estimate of drug-likeness (QED) is 0.791. The number of carbonyl (C=O) groups is 1. The summed E-state index contributed by atoms with van der Waals surface area (Å²) in [5.74, 6) is -0.208. The van der Waals surface area contributed by atoms with E-state index >= 15 is 0 Å². The van der Waals surface area contributed by atoms with Gasteiger partial charge in [0.1, 0.15) is 0 Å². The fourth-order valence-electron chi connectivity index (χ4n) is 1.27. The predicted octanol–water partition coefficient (Wildman–Crippen LogP) is 2.24. The molecule has 3 nitrogen and oxygen atoms in total. The SMILES string of the molecule is CC[C@H](CO)NC(=O)/C=C\c1ccc(Cl)cc1. The van der Waals surface area contributed by atoms with Crippen molar-refractivity contribution >= 4 is 23.6 Å². The molecule has 0 saturated heterocycles. The van der Waals surface area contributed by atoms with Crippen LogP contribution in [0.2, 0.25) is 5.02 Å². The lowest BCUT2D eigenvalue weighted by Gasteiger charge is -2.11. The Bertz CT molecular complexity index is 383. The van der Waals surface area contributed by atoms with Crippen LogP contribution in [0.1, 0.15) is 18.9 Å². The number of halogens is 1. The lowest BCUT2D eigenvalue weighted by atomic mass is 10.2. The Morgan fingerprint density at radius 1 is 1.47 bits per heavy atom. The normalized spacial score (nSPS) is 12.6. The van der Waals surface area contributed by atoms with Crippen molar-refractivity contribution in [3.05, 3.63) is 40.9 Å². The molecule has 1 rings (SSSR count). The number of aliphatic hydroxyl groups is 1. The van der Waals surface area contributed by atoms with E-state index in [1.165, 1.54) is 6.08 Å². The molecule has 0 aliphatic rings. The third kappa shape index (κ3) is 5.02. The third-order valence-corrected chi connectivity index (χ3v) is 2.61. The van der Waals surface area contributed by atoms with Crippen molar-refractivity contribution in [3.8, 4) is 0 Å². The first-order chi connectivity index (χ1) is 8.15. The smallest absolute Gasteiger partial charge is 0.244 e. The molecule has 0 bridgehead atoms. The maximum Gasteiger partial charge on any atom is 0.244 e. The first kappa shape index (κ1) is 13.7. The van der Waals surface area contributed by atoms with Crippen molar-refractivity contribution in [2.75, 3.05) is 6.61 Å². The zero-order chi connectivity index (χ0) is 12.7. The van der Waals surface area contributed by atoms with Gasteiger partial charge in [0.05, 0.1) is 12.6 Å². The number of nitrogens with one attached hydrogen (secondary N) is 1. The summed E-state index contributed by atoms with van der Waals surface area (Å²) in [6, 6.07) is 7.01. The maximum absolute atomic E-state index is 11.5. The summed E-state index contributed by atoms with van der Waals surface area (Å²) in [5, 5.41) is 12.3. The lowest BCUT2D eigenvalue weighted by molar-refractivity contribution is -0.117. The Morgan fingerprint density at radius 3 is 2.65 bits per heavy atom. The molecular formula is C13H16ClNO2. The number of amides is 1. The summed E-state index contributed by atoms with van der Waals surface area (Å²) in [4.78, 5) is 11.5. The van der Waals surface area contributed by atoms with Gasteiger partial charge in [0.25, 0.3) is 0 Å². The molecule has 0 aromatic heterocycles. The molecule has 0 aliphatic carbocycles. The van der Waals surface area contributed by atoms with Gasteiger partial charge in [-0.15, -0.1) is 0 Å². The zero-order valence-electron chi connectivity index (χ0n) is 9.69. The summed E-state index contributed by atoms with van der Waals surface area (Å²) in [7, 11) is 0. The highest BCUT2D eigenvalue weighted by atomic mass is 35.5. The first-order valence-electron chi connectivity index (χ1n) is 5.50. The monoisotopic (exact) mass is 253 g/mol. The van der Waals surface area contributed by atoms with Gasteiger partial charge in [-0.2, -0.15) is 0 Å². The molecule has 2 N–H and O–H groups in total. The van der Waals surface area contributed by atoms with Gasteiger partial charge in [0, 0.05) is 11.1 Å². The van der Waals surface area contributed by atoms with Crippen LogP contribution >= 0.6 is 11.6 Å². The van der Waals surface area contributed by atoms with E-state index < -0.39 is 0 Å². The number of rotatable bonds is 5. The van der Waals surface area contributed by atoms with Gasteiger partial charge in [-0.05, 0) is 30.2 Å². The van der Waals surface area contributed by atoms with Gasteiger partial charge in [-0.25, -0.2) is 0 Å². The molecule has 1 atom stereocenters. The highest BCUT2D eigenvalue weighted by Gasteiger charge is 2.05. The van der Waals surface area contributed by atoms with Crippen LogP contribution in [0.15, 0.2) is 30.3 Å². The van der Waals surface area contributed by atoms with Gasteiger partial charge in [0.15, 0.2) is 0 Å². The number of hydrogen-bond donors (Lipinski definition) is 2. The fourth-order valence-corrected chi connectivity index (χ4v) is 1.40. The molecule has 0 unspecified atom stereocenters. The van der Waals surface area contributed by atoms with Gasteiger partial charge in [0.2, 0.25) is 5.91 Å². The predicted molar refractivity (Wildman–Crippen MR) is 69.8 cm³/mol. The van der Waals surface area contributed by atoms with Crippen molar-refractivity contribution in [2.24, 2.45) is 0 Å². The molecule has 0 saturated carbocycles. The van der Waals surface area contributed by atoms with Gasteiger partial charge in [-0.1, -0.05) is 30.7 Å². The van der Waals surface area contributed by atoms with Crippen LogP contribution in [0.3, 0.4) is 0 Å². The highest BCUT2D eigenvalue weighted by Crippen LogP contribution is 2.10. The number of carbonyl (C=O) groups excluding carboxylic acids is 1. The van der Waals surface area contributed by atoms with Crippen LogP contribution in [0, 0.1) is 0 Å². The van der Waals surface area contributed by atoms with Crippen LogP contribution in [0.25, 0.3) is 6.08 Å². The molecule has 4 heteroatoms. The summed E-state index contributed by atoms with van der Waals surface area (Å²) in [5.41, 5.74) is 0.904. The molecule has 17 heavy (non-hydrogen) atoms. The third-order valence-electron chi connectivity index (χ3n) is 2.36. The fraction of sp³-hybridized carbons (Fsp3) is 0.308. The molecule has 0 heterocycles. The van der Waals surface area contributed by atoms with Crippen molar-refractivity contribution in [1.29, 1.82) is 0 Å². The van der Waals surface area contributed by atoms with Gasteiger partial charge >= 0.3 is 0 Å². The van der Waals surface area contributed by atoms with Crippen molar-refractivity contribution in [1.82, 2.24) is 5.32 Å². The maximum atomic E-state index is 11.5. The van der Waals surface area contributed by atoms with E-state index in [0.29, 0.717) is 11.4 Å². The second-order valence-corrected chi connectivity index (χ2v) is 4.12. The Kier molecular flexibility index (Phi) is 5.73. The summed E-state index contributed by atoms with van der Waals surface area (Å²) >= 11 is 5.75. The summed E-state index contributed by atoms with van der Waals surface area (Å²) in [6.07, 6.45) is 3.86. The Morgan fingerprint density at radius 2 is 2.12 bits per heavy atom. The molecule has 1 amide bonds. The highest BCUT2D eigenvalue weighted by molar-refractivity contribution is 6.30. The number of aliphatic hydroxyl groups excluding tert-OH is 1. The topological polar surface area (TPSA) is 49.3 Å². The molecule has 0 spiro atoms. The summed E-state index contributed by atoms with van der Waals surface area (Å²) < 4.78 is 0. The van der Waals surface area contributed by atoms with E-state index in [1.807, 2.05) is 19.1 Å². The van der Waals surface area contributed by atoms with Gasteiger partial charge in [-0.3, -0.25) is 4.79 Å². The molecule has 0 radical (unpaired) electrons. The molecule has 0 aliphatic heterocycles. The minimum Gasteiger partial charge on any atom is -0.394 e. The lowest BCUT2D eigenvalue weighted by Crippen LogP contribution is -2.35. The van der Waals surface area contributed by atoms with E-state index in [-0.39, 0.29) is 18.6 Å². The average molecular weight is 254 g/mol. The zero-order valence-corrected chi connectivity index (χ0v) is 10.4. The van der Waals surface area contributed by atoms with E-state index in [4.69, 9.17) is 16.7 Å². The minimum absolute atomic E-state index is 0.0446. The molecule has 1 aromatic carbocycles. The minimum atomic E-state index is -0.208. The largest absolute Gasteiger partial charge is 0.394 e. The van der Waals surface area contributed by atoms with E-state index in [2.05, 4.69) is 5.32 Å². The summed E-state index contributed by atoms with van der Waals surface area (Å²) in [6.45, 7) is 1.86. The second kappa shape index (κ2) is 7.09. The first-order valence-corrected chi connectivity index (χ1v) is 5.88. The van der Waals surface area contributed by atoms with Crippen molar-refractivity contribution in [3.63, 3.8) is 0 Å². The molecule has 1 aromatic rings. The number of hydrogen-bond acceptors (Lipinski definition) is 2. The van der Waals surface area contributed by atoms with E-state index in [1.54, 1.807) is 18.2 Å². The van der Waals surface area contributed by atoms with E-state index in [0.717, 1.165) is 5.56 Å². The molecule has 0 fully saturated rings. The van der Waals surface area contributed by atoms with Crippen LogP contribution in [-0.2, 0) is 4.79 Å². The Balaban J connectivity index is 2.53. The van der Waals surface area contributed by atoms with Crippen LogP contribution in [0.4, 0.5) is 0 Å². The van der Waals surface area contributed by atoms with Crippen molar-refractivity contribution < 1.29 is 9.90 Å². The second-order valence-electron chi connectivity index (χ2n) is 3.68. The van der Waals surface area contributed by atoms with Crippen LogP contribution < -0.4 is 5.32 Å². The van der Waals surface area contributed by atoms with Crippen LogP contribution in [0.5, 0.6) is 0 Å². The number of benzene rings is 1. The Hall–Kier alpha value is -1.32. The Labute approximate surface area is 106 Å². The average Bonchev–Trinajstić information content (AvgIpc) is 2.35. The van der Waals surface area contributed by atoms with E-state index in [9.17, 15) is 4.79 Å². The molecular weight excluding hydrogens is 238 g/mol. The molecule has 92 valence electrons.